The molecule has 0 unspecified atom stereocenters. The van der Waals surface area contributed by atoms with Crippen molar-refractivity contribution in [3.8, 4) is 11.4 Å². The molecule has 0 radical (unpaired) electrons. The van der Waals surface area contributed by atoms with Gasteiger partial charge in [-0.1, -0.05) is 0 Å². The number of H-pyrrole nitrogens is 2. The highest BCUT2D eigenvalue weighted by molar-refractivity contribution is 5.57. The van der Waals surface area contributed by atoms with Crippen LogP contribution >= 0.6 is 0 Å². The van der Waals surface area contributed by atoms with Gasteiger partial charge in [-0.3, -0.25) is 0 Å². The molecule has 0 saturated heterocycles. The van der Waals surface area contributed by atoms with E-state index in [0.717, 1.165) is 22.8 Å². The molecule has 0 saturated carbocycles. The number of aromatic amines is 2. The number of aromatic nitrogens is 6. The van der Waals surface area contributed by atoms with Crippen LogP contribution in [0.3, 0.4) is 0 Å². The Morgan fingerprint density at radius 2 is 1.17 bits per heavy atom. The molecule has 0 amide bonds. The molecule has 0 atom stereocenters. The van der Waals surface area contributed by atoms with Crippen LogP contribution in [-0.4, -0.2) is 30.8 Å². The molecule has 6 heteroatoms. The SMILES string of the molecule is Cc1n[nH]nc1-c1n[nH]nc1C. The Morgan fingerprint density at radius 3 is 1.42 bits per heavy atom. The normalized spacial score (nSPS) is 10.5. The van der Waals surface area contributed by atoms with Crippen molar-refractivity contribution in [1.82, 2.24) is 30.8 Å². The van der Waals surface area contributed by atoms with Crippen LogP contribution in [0.1, 0.15) is 11.4 Å². The van der Waals surface area contributed by atoms with E-state index >= 15 is 0 Å². The maximum atomic E-state index is 3.96. The van der Waals surface area contributed by atoms with E-state index < -0.39 is 0 Å². The van der Waals surface area contributed by atoms with E-state index in [9.17, 15) is 0 Å². The molecule has 0 aliphatic rings. The molecule has 2 rings (SSSR count). The van der Waals surface area contributed by atoms with Crippen LogP contribution in [0.15, 0.2) is 0 Å². The lowest BCUT2D eigenvalue weighted by molar-refractivity contribution is 0.922. The van der Waals surface area contributed by atoms with Crippen molar-refractivity contribution in [1.29, 1.82) is 0 Å². The first-order chi connectivity index (χ1) is 5.79. The predicted molar refractivity (Wildman–Crippen MR) is 41.2 cm³/mol. The van der Waals surface area contributed by atoms with Crippen LogP contribution in [-0.2, 0) is 0 Å². The zero-order valence-electron chi connectivity index (χ0n) is 6.79. The summed E-state index contributed by atoms with van der Waals surface area (Å²) in [6.45, 7) is 3.74. The molecule has 6 nitrogen and oxygen atoms in total. The molecular formula is C6H8N6. The monoisotopic (exact) mass is 164 g/mol. The van der Waals surface area contributed by atoms with Crippen LogP contribution < -0.4 is 0 Å². The summed E-state index contributed by atoms with van der Waals surface area (Å²) in [5, 5.41) is 20.8. The molecule has 0 fully saturated rings. The largest absolute Gasteiger partial charge is 0.197 e. The number of aryl methyl sites for hydroxylation is 2. The third-order valence-electron chi connectivity index (χ3n) is 1.67. The maximum absolute atomic E-state index is 3.96. The first kappa shape index (κ1) is 6.96. The molecule has 0 aliphatic heterocycles. The predicted octanol–water partition coefficient (Wildman–Crippen LogP) is 0.207. The Kier molecular flexibility index (Phi) is 1.39. The van der Waals surface area contributed by atoms with Gasteiger partial charge >= 0.3 is 0 Å². The van der Waals surface area contributed by atoms with E-state index in [1.807, 2.05) is 13.8 Å². The molecule has 2 aromatic rings. The number of hydrogen-bond acceptors (Lipinski definition) is 4. The zero-order valence-corrected chi connectivity index (χ0v) is 6.79. The third-order valence-corrected chi connectivity index (χ3v) is 1.67. The van der Waals surface area contributed by atoms with Crippen LogP contribution in [0.2, 0.25) is 0 Å². The minimum absolute atomic E-state index is 0.751. The van der Waals surface area contributed by atoms with Gasteiger partial charge in [0.2, 0.25) is 0 Å². The quantitative estimate of drug-likeness (QED) is 0.631. The lowest BCUT2D eigenvalue weighted by Crippen LogP contribution is -1.84. The molecular weight excluding hydrogens is 156 g/mol. The topological polar surface area (TPSA) is 83.1 Å². The fourth-order valence-electron chi connectivity index (χ4n) is 1.02. The fraction of sp³-hybridized carbons (Fsp3) is 0.333. The van der Waals surface area contributed by atoms with E-state index in [4.69, 9.17) is 0 Å². The highest BCUT2D eigenvalue weighted by Gasteiger charge is 2.11. The van der Waals surface area contributed by atoms with Gasteiger partial charge in [0.1, 0.15) is 11.4 Å². The molecule has 0 spiro atoms. The van der Waals surface area contributed by atoms with Crippen LogP contribution in [0.25, 0.3) is 11.4 Å². The average Bonchev–Trinajstić information content (AvgIpc) is 2.59. The summed E-state index contributed by atoms with van der Waals surface area (Å²) in [4.78, 5) is 0. The standard InChI is InChI=1S/C6H8N6/c1-3-5(9-11-7-3)6-4(2)8-12-10-6/h1-2H3,(H,7,9,11)(H,8,10,12). The van der Waals surface area contributed by atoms with Crippen molar-refractivity contribution >= 4 is 0 Å². The summed E-state index contributed by atoms with van der Waals surface area (Å²) in [6.07, 6.45) is 0. The molecule has 2 heterocycles. The van der Waals surface area contributed by atoms with Gasteiger partial charge < -0.3 is 0 Å². The second kappa shape index (κ2) is 2.40. The molecule has 62 valence electrons. The zero-order chi connectivity index (χ0) is 8.55. The van der Waals surface area contributed by atoms with E-state index in [0.29, 0.717) is 0 Å². The lowest BCUT2D eigenvalue weighted by Gasteiger charge is -1.89. The maximum Gasteiger partial charge on any atom is 0.137 e. The lowest BCUT2D eigenvalue weighted by atomic mass is 10.2. The first-order valence-electron chi connectivity index (χ1n) is 3.54. The highest BCUT2D eigenvalue weighted by atomic mass is 15.4. The van der Waals surface area contributed by atoms with Crippen molar-refractivity contribution in [2.75, 3.05) is 0 Å². The average molecular weight is 164 g/mol. The Balaban J connectivity index is 2.57. The van der Waals surface area contributed by atoms with Gasteiger partial charge in [0.15, 0.2) is 0 Å². The summed E-state index contributed by atoms with van der Waals surface area (Å²) in [5.41, 5.74) is 3.15. The third kappa shape index (κ3) is 0.884. The van der Waals surface area contributed by atoms with Crippen molar-refractivity contribution in [3.63, 3.8) is 0 Å². The van der Waals surface area contributed by atoms with E-state index in [1.165, 1.54) is 0 Å². The molecule has 0 aromatic carbocycles. The second-order valence-corrected chi connectivity index (χ2v) is 2.52. The minimum Gasteiger partial charge on any atom is -0.197 e. The van der Waals surface area contributed by atoms with Gasteiger partial charge in [0.05, 0.1) is 11.4 Å². The van der Waals surface area contributed by atoms with Crippen LogP contribution in [0.4, 0.5) is 0 Å². The summed E-state index contributed by atoms with van der Waals surface area (Å²) in [7, 11) is 0. The number of nitrogens with one attached hydrogen (secondary N) is 2. The van der Waals surface area contributed by atoms with Crippen LogP contribution in [0, 0.1) is 13.8 Å². The molecule has 2 N–H and O–H groups in total. The number of nitrogens with zero attached hydrogens (tertiary/aromatic N) is 4. The van der Waals surface area contributed by atoms with Crippen LogP contribution in [0.5, 0.6) is 0 Å². The highest BCUT2D eigenvalue weighted by Crippen LogP contribution is 2.17. The smallest absolute Gasteiger partial charge is 0.137 e. The summed E-state index contributed by atoms with van der Waals surface area (Å²) in [5.74, 6) is 0. The van der Waals surface area contributed by atoms with E-state index in [1.54, 1.807) is 0 Å². The summed E-state index contributed by atoms with van der Waals surface area (Å²) >= 11 is 0. The second-order valence-electron chi connectivity index (χ2n) is 2.52. The Labute approximate surface area is 68.4 Å². The molecule has 0 aliphatic carbocycles. The summed E-state index contributed by atoms with van der Waals surface area (Å²) < 4.78 is 0. The van der Waals surface area contributed by atoms with Crippen molar-refractivity contribution < 1.29 is 0 Å². The van der Waals surface area contributed by atoms with Gasteiger partial charge in [0, 0.05) is 0 Å². The Morgan fingerprint density at radius 1 is 0.750 bits per heavy atom. The van der Waals surface area contributed by atoms with Crippen molar-refractivity contribution in [2.45, 2.75) is 13.8 Å². The summed E-state index contributed by atoms with van der Waals surface area (Å²) in [6, 6.07) is 0. The Bertz CT molecular complexity index is 348. The van der Waals surface area contributed by atoms with Crippen molar-refractivity contribution in [3.05, 3.63) is 11.4 Å². The van der Waals surface area contributed by atoms with Gasteiger partial charge in [-0.2, -0.15) is 30.8 Å². The van der Waals surface area contributed by atoms with Gasteiger partial charge in [-0.15, -0.1) is 0 Å². The fourth-order valence-corrected chi connectivity index (χ4v) is 1.02. The van der Waals surface area contributed by atoms with Gasteiger partial charge in [0.25, 0.3) is 0 Å². The molecule has 12 heavy (non-hydrogen) atoms. The Hall–Kier alpha value is -1.72. The van der Waals surface area contributed by atoms with Gasteiger partial charge in [-0.25, -0.2) is 0 Å². The molecule has 2 aromatic heterocycles. The first-order valence-corrected chi connectivity index (χ1v) is 3.54. The van der Waals surface area contributed by atoms with E-state index in [-0.39, 0.29) is 0 Å². The van der Waals surface area contributed by atoms with Gasteiger partial charge in [-0.05, 0) is 13.8 Å². The molecule has 0 bridgehead atoms. The van der Waals surface area contributed by atoms with E-state index in [2.05, 4.69) is 30.8 Å². The minimum atomic E-state index is 0.751. The number of hydrogen-bond donors (Lipinski definition) is 2. The van der Waals surface area contributed by atoms with Crippen molar-refractivity contribution in [2.24, 2.45) is 0 Å². The number of rotatable bonds is 1.